The second kappa shape index (κ2) is 8.04. The van der Waals surface area contributed by atoms with Crippen LogP contribution in [0.25, 0.3) is 0 Å². The summed E-state index contributed by atoms with van der Waals surface area (Å²) < 4.78 is 4.98. The summed E-state index contributed by atoms with van der Waals surface area (Å²) in [5.41, 5.74) is 1.50. The lowest BCUT2D eigenvalue weighted by Gasteiger charge is -2.08. The molecule has 7 heteroatoms. The lowest BCUT2D eigenvalue weighted by atomic mass is 10.1. The molecule has 0 aliphatic rings. The van der Waals surface area contributed by atoms with E-state index in [1.807, 2.05) is 12.1 Å². The molecule has 0 fully saturated rings. The highest BCUT2D eigenvalue weighted by molar-refractivity contribution is 5.94. The highest BCUT2D eigenvalue weighted by Crippen LogP contribution is 2.15. The Hall–Kier alpha value is -2.54. The minimum Gasteiger partial charge on any atom is -0.385 e. The third kappa shape index (κ3) is 4.78. The fourth-order valence-electron chi connectivity index (χ4n) is 1.79. The van der Waals surface area contributed by atoms with Gasteiger partial charge in [0.2, 0.25) is 5.95 Å². The van der Waals surface area contributed by atoms with Crippen molar-refractivity contribution >= 4 is 23.2 Å². The van der Waals surface area contributed by atoms with Crippen molar-refractivity contribution in [3.63, 3.8) is 0 Å². The molecular weight excluding hydrogens is 282 g/mol. The molecule has 7 nitrogen and oxygen atoms in total. The molecule has 0 radical (unpaired) electrons. The van der Waals surface area contributed by atoms with E-state index in [-0.39, 0.29) is 5.78 Å². The zero-order chi connectivity index (χ0) is 15.8. The number of nitrogens with one attached hydrogen (secondary N) is 2. The van der Waals surface area contributed by atoms with Gasteiger partial charge in [-0.05, 0) is 37.6 Å². The van der Waals surface area contributed by atoms with Crippen molar-refractivity contribution in [2.75, 3.05) is 30.9 Å². The van der Waals surface area contributed by atoms with E-state index in [0.29, 0.717) is 30.5 Å². The van der Waals surface area contributed by atoms with E-state index in [1.165, 1.54) is 6.92 Å². The number of carbonyl (C=O) groups is 1. The zero-order valence-corrected chi connectivity index (χ0v) is 12.7. The van der Waals surface area contributed by atoms with Gasteiger partial charge in [-0.3, -0.25) is 4.79 Å². The molecule has 116 valence electrons. The molecule has 2 aromatic rings. The number of ketones is 1. The Morgan fingerprint density at radius 1 is 1.27 bits per heavy atom. The maximum atomic E-state index is 11.2. The molecule has 0 saturated heterocycles. The Bertz CT molecular complexity index is 616. The highest BCUT2D eigenvalue weighted by atomic mass is 16.5. The van der Waals surface area contributed by atoms with Gasteiger partial charge in [0, 0.05) is 31.5 Å². The average molecular weight is 301 g/mol. The van der Waals surface area contributed by atoms with E-state index in [2.05, 4.69) is 25.8 Å². The van der Waals surface area contributed by atoms with Crippen LogP contribution in [0.1, 0.15) is 23.7 Å². The Morgan fingerprint density at radius 2 is 2.05 bits per heavy atom. The van der Waals surface area contributed by atoms with Crippen molar-refractivity contribution in [3.05, 3.63) is 36.0 Å². The molecule has 0 amide bonds. The summed E-state index contributed by atoms with van der Waals surface area (Å²) in [6.07, 6.45) is 2.41. The van der Waals surface area contributed by atoms with Crippen molar-refractivity contribution in [3.8, 4) is 0 Å². The summed E-state index contributed by atoms with van der Waals surface area (Å²) in [5.74, 6) is 1.08. The number of methoxy groups -OCH3 is 1. The SMILES string of the molecule is COCCCNc1nncc(Nc2ccc(C(C)=O)cc2)n1. The lowest BCUT2D eigenvalue weighted by molar-refractivity contribution is 0.101. The summed E-state index contributed by atoms with van der Waals surface area (Å²) in [6.45, 7) is 2.94. The molecule has 0 unspecified atom stereocenters. The van der Waals surface area contributed by atoms with Crippen LogP contribution in [-0.4, -0.2) is 41.2 Å². The first-order chi connectivity index (χ1) is 10.7. The van der Waals surface area contributed by atoms with E-state index in [9.17, 15) is 4.79 Å². The molecule has 2 N–H and O–H groups in total. The zero-order valence-electron chi connectivity index (χ0n) is 12.7. The van der Waals surface area contributed by atoms with Crippen molar-refractivity contribution in [1.82, 2.24) is 15.2 Å². The molecule has 22 heavy (non-hydrogen) atoms. The van der Waals surface area contributed by atoms with Crippen molar-refractivity contribution in [2.24, 2.45) is 0 Å². The van der Waals surface area contributed by atoms with Crippen LogP contribution in [0.3, 0.4) is 0 Å². The second-order valence-electron chi connectivity index (χ2n) is 4.70. The van der Waals surface area contributed by atoms with Gasteiger partial charge in [-0.25, -0.2) is 0 Å². The molecule has 0 aliphatic carbocycles. The van der Waals surface area contributed by atoms with Crippen LogP contribution < -0.4 is 10.6 Å². The molecule has 2 rings (SSSR count). The molecule has 0 atom stereocenters. The Kier molecular flexibility index (Phi) is 5.79. The standard InChI is InChI=1S/C15H19N5O2/c1-11(21)12-4-6-13(7-5-12)18-14-10-17-20-15(19-14)16-8-3-9-22-2/h4-7,10H,3,8-9H2,1-2H3,(H2,16,18,19,20). The van der Waals surface area contributed by atoms with Gasteiger partial charge >= 0.3 is 0 Å². The Balaban J connectivity index is 1.96. The number of rotatable bonds is 8. The fourth-order valence-corrected chi connectivity index (χ4v) is 1.79. The molecule has 0 bridgehead atoms. The third-order valence-corrected chi connectivity index (χ3v) is 2.93. The minimum absolute atomic E-state index is 0.0396. The number of ether oxygens (including phenoxy) is 1. The normalized spacial score (nSPS) is 10.3. The van der Waals surface area contributed by atoms with Gasteiger partial charge in [0.25, 0.3) is 0 Å². The van der Waals surface area contributed by atoms with Crippen LogP contribution in [0.5, 0.6) is 0 Å². The number of anilines is 3. The Morgan fingerprint density at radius 3 is 2.73 bits per heavy atom. The summed E-state index contributed by atoms with van der Waals surface area (Å²) >= 11 is 0. The average Bonchev–Trinajstić information content (AvgIpc) is 2.52. The largest absolute Gasteiger partial charge is 0.385 e. The highest BCUT2D eigenvalue weighted by Gasteiger charge is 2.02. The number of nitrogens with zero attached hydrogens (tertiary/aromatic N) is 3. The molecule has 0 aliphatic heterocycles. The number of hydrogen-bond acceptors (Lipinski definition) is 7. The minimum atomic E-state index is 0.0396. The number of benzene rings is 1. The second-order valence-corrected chi connectivity index (χ2v) is 4.70. The molecule has 1 aromatic heterocycles. The van der Waals surface area contributed by atoms with E-state index >= 15 is 0 Å². The topological polar surface area (TPSA) is 89.0 Å². The van der Waals surface area contributed by atoms with E-state index in [0.717, 1.165) is 12.1 Å². The van der Waals surface area contributed by atoms with Gasteiger partial charge < -0.3 is 15.4 Å². The molecule has 1 heterocycles. The summed E-state index contributed by atoms with van der Waals surface area (Å²) in [7, 11) is 1.67. The third-order valence-electron chi connectivity index (χ3n) is 2.93. The van der Waals surface area contributed by atoms with Gasteiger partial charge in [-0.1, -0.05) is 0 Å². The molecule has 0 spiro atoms. The van der Waals surface area contributed by atoms with Crippen LogP contribution in [0, 0.1) is 0 Å². The monoisotopic (exact) mass is 301 g/mol. The van der Waals surface area contributed by atoms with E-state index in [1.54, 1.807) is 25.4 Å². The van der Waals surface area contributed by atoms with Gasteiger partial charge in [-0.2, -0.15) is 10.1 Å². The predicted molar refractivity (Wildman–Crippen MR) is 84.5 cm³/mol. The van der Waals surface area contributed by atoms with Gasteiger partial charge in [-0.15, -0.1) is 5.10 Å². The predicted octanol–water partition coefficient (Wildman–Crippen LogP) is 2.27. The molecule has 1 aromatic carbocycles. The first kappa shape index (κ1) is 15.8. The number of Topliss-reactive ketones (excluding diaryl/α,β-unsaturated/α-hetero) is 1. The maximum Gasteiger partial charge on any atom is 0.244 e. The van der Waals surface area contributed by atoms with Crippen LogP contribution >= 0.6 is 0 Å². The summed E-state index contributed by atoms with van der Waals surface area (Å²) in [6, 6.07) is 7.18. The summed E-state index contributed by atoms with van der Waals surface area (Å²) in [4.78, 5) is 15.6. The van der Waals surface area contributed by atoms with Crippen molar-refractivity contribution in [1.29, 1.82) is 0 Å². The number of carbonyl (C=O) groups excluding carboxylic acids is 1. The van der Waals surface area contributed by atoms with Crippen LogP contribution in [-0.2, 0) is 4.74 Å². The van der Waals surface area contributed by atoms with E-state index in [4.69, 9.17) is 4.74 Å². The molecule has 0 saturated carbocycles. The quantitative estimate of drug-likeness (QED) is 0.571. The van der Waals surface area contributed by atoms with Gasteiger partial charge in [0.05, 0.1) is 6.20 Å². The first-order valence-electron chi connectivity index (χ1n) is 6.99. The van der Waals surface area contributed by atoms with Gasteiger partial charge in [0.1, 0.15) is 0 Å². The van der Waals surface area contributed by atoms with Crippen molar-refractivity contribution in [2.45, 2.75) is 13.3 Å². The van der Waals surface area contributed by atoms with E-state index < -0.39 is 0 Å². The van der Waals surface area contributed by atoms with Crippen molar-refractivity contribution < 1.29 is 9.53 Å². The number of hydrogen-bond donors (Lipinski definition) is 2. The molecular formula is C15H19N5O2. The van der Waals surface area contributed by atoms with Crippen LogP contribution in [0.2, 0.25) is 0 Å². The fraction of sp³-hybridized carbons (Fsp3) is 0.333. The van der Waals surface area contributed by atoms with Gasteiger partial charge in [0.15, 0.2) is 11.6 Å². The van der Waals surface area contributed by atoms with Crippen LogP contribution in [0.15, 0.2) is 30.5 Å². The Labute approximate surface area is 129 Å². The smallest absolute Gasteiger partial charge is 0.244 e. The maximum absolute atomic E-state index is 11.2. The lowest BCUT2D eigenvalue weighted by Crippen LogP contribution is -2.09. The van der Waals surface area contributed by atoms with Crippen LogP contribution in [0.4, 0.5) is 17.5 Å². The first-order valence-corrected chi connectivity index (χ1v) is 6.99. The number of aromatic nitrogens is 3. The summed E-state index contributed by atoms with van der Waals surface area (Å²) in [5, 5.41) is 14.0.